The molecule has 1 aromatic carbocycles. The molecule has 2 aliphatic heterocycles. The number of allylic oxidation sites excluding steroid dienone is 1. The number of hydrogen-bond donors (Lipinski definition) is 0. The quantitative estimate of drug-likeness (QED) is 0.144. The number of pyridine rings is 2. The minimum absolute atomic E-state index is 0.0358. The fraction of sp³-hybridized carbons (Fsp3) is 0.375. The predicted molar refractivity (Wildman–Crippen MR) is 169 cm³/mol. The lowest BCUT2D eigenvalue weighted by molar-refractivity contribution is -0.128. The van der Waals surface area contributed by atoms with Crippen molar-refractivity contribution in [1.82, 2.24) is 29.7 Å². The lowest BCUT2D eigenvalue weighted by atomic mass is 10.0. The first-order valence-corrected chi connectivity index (χ1v) is 15.2. The lowest BCUT2D eigenvalue weighted by Gasteiger charge is -2.39. The number of nitrogens with zero attached hydrogens (tertiary/aromatic N) is 8. The van der Waals surface area contributed by atoms with Gasteiger partial charge in [0.1, 0.15) is 36.4 Å². The number of likely N-dealkylation sites (N-methyl/N-ethyl adjacent to an activating group) is 1. The number of anilines is 1. The van der Waals surface area contributed by atoms with Crippen molar-refractivity contribution in [2.24, 2.45) is 0 Å². The molecule has 0 unspecified atom stereocenters. The smallest absolute Gasteiger partial charge is 0.319 e. The van der Waals surface area contributed by atoms with E-state index in [1.54, 1.807) is 36.3 Å². The number of hydrogen-bond acceptors (Lipinski definition) is 8. The summed E-state index contributed by atoms with van der Waals surface area (Å²) in [6.07, 6.45) is 6.33. The largest absolute Gasteiger partial charge is 0.462 e. The number of amides is 1. The van der Waals surface area contributed by atoms with Gasteiger partial charge in [-0.05, 0) is 19.2 Å². The molecule has 2 atom stereocenters. The van der Waals surface area contributed by atoms with E-state index in [2.05, 4.69) is 24.8 Å². The summed E-state index contributed by atoms with van der Waals surface area (Å²) in [6, 6.07) is 3.80. The molecule has 244 valence electrons. The van der Waals surface area contributed by atoms with Crippen molar-refractivity contribution in [2.75, 3.05) is 58.0 Å². The van der Waals surface area contributed by atoms with Crippen LogP contribution in [0.2, 0.25) is 5.02 Å². The molecule has 15 heteroatoms. The van der Waals surface area contributed by atoms with Crippen molar-refractivity contribution in [2.45, 2.75) is 24.4 Å². The highest BCUT2D eigenvalue weighted by Gasteiger charge is 2.43. The van der Waals surface area contributed by atoms with Crippen LogP contribution in [0.4, 0.5) is 23.4 Å². The first-order valence-electron chi connectivity index (χ1n) is 14.8. The number of likely N-dealkylation sites (tertiary alicyclic amines) is 1. The van der Waals surface area contributed by atoms with Gasteiger partial charge in [0.25, 0.3) is 5.92 Å². The van der Waals surface area contributed by atoms with Gasteiger partial charge >= 0.3 is 6.01 Å². The van der Waals surface area contributed by atoms with Crippen LogP contribution < -0.4 is 9.64 Å². The van der Waals surface area contributed by atoms with E-state index in [1.165, 1.54) is 22.2 Å². The summed E-state index contributed by atoms with van der Waals surface area (Å²) in [4.78, 5) is 38.6. The molecule has 0 aliphatic carbocycles. The summed E-state index contributed by atoms with van der Waals surface area (Å²) in [7, 11) is 1.57. The molecule has 2 aliphatic rings. The summed E-state index contributed by atoms with van der Waals surface area (Å²) in [5.41, 5.74) is 0.154. The highest BCUT2D eigenvalue weighted by molar-refractivity contribution is 6.36. The maximum atomic E-state index is 16.6. The Morgan fingerprint density at radius 2 is 2.04 bits per heavy atom. The molecule has 47 heavy (non-hydrogen) atoms. The number of fused-ring (bicyclic) bond motifs is 2. The third-order valence-electron chi connectivity index (χ3n) is 8.39. The van der Waals surface area contributed by atoms with Gasteiger partial charge in [0.05, 0.1) is 11.9 Å². The number of carbonyl (C=O) groups excluding carboxylic acids is 1. The van der Waals surface area contributed by atoms with Crippen LogP contribution in [-0.4, -0.2) is 107 Å². The number of rotatable bonds is 8. The van der Waals surface area contributed by atoms with Crippen molar-refractivity contribution in [3.63, 3.8) is 0 Å². The predicted octanol–water partition coefficient (Wildman–Crippen LogP) is 5.21. The Kier molecular flexibility index (Phi) is 9.11. The van der Waals surface area contributed by atoms with Gasteiger partial charge in [0.15, 0.2) is 5.82 Å². The van der Waals surface area contributed by atoms with E-state index in [4.69, 9.17) is 22.9 Å². The van der Waals surface area contributed by atoms with Crippen molar-refractivity contribution in [1.29, 1.82) is 0 Å². The number of aromatic nitrogens is 4. The van der Waals surface area contributed by atoms with Crippen LogP contribution in [-0.2, 0) is 4.79 Å². The molecule has 1 amide bonds. The fourth-order valence-corrected chi connectivity index (χ4v) is 6.42. The standard InChI is InChI=1S/C32H29ClF4N8O2/c1-38-13-21-16-44(9-10-45(21)25(46)7-4-8-34)30-23-15-40-28(22-14-39-12-19-5-3-6-24(33)26(19)22)27(35)29(23)41-31(42-30)47-17-20-11-32(36,37)18-43(20)2/h3-7,12,14-15,20-21H,8-11,13,16-18H2,2H3/b7-4+/t20-,21-/m0/s1. The lowest BCUT2D eigenvalue weighted by Crippen LogP contribution is -2.56. The number of piperazine rings is 1. The molecule has 6 rings (SSSR count). The monoisotopic (exact) mass is 668 g/mol. The molecular weight excluding hydrogens is 640 g/mol. The highest BCUT2D eigenvalue weighted by atomic mass is 35.5. The van der Waals surface area contributed by atoms with E-state index in [0.29, 0.717) is 21.4 Å². The first kappa shape index (κ1) is 32.3. The minimum atomic E-state index is -2.87. The van der Waals surface area contributed by atoms with Crippen molar-refractivity contribution >= 4 is 45.0 Å². The van der Waals surface area contributed by atoms with Crippen LogP contribution in [0.3, 0.4) is 0 Å². The third kappa shape index (κ3) is 6.50. The summed E-state index contributed by atoms with van der Waals surface area (Å²) < 4.78 is 63.3. The molecule has 5 heterocycles. The van der Waals surface area contributed by atoms with Crippen LogP contribution in [0.1, 0.15) is 6.42 Å². The molecule has 0 radical (unpaired) electrons. The van der Waals surface area contributed by atoms with Crippen molar-refractivity contribution in [3.8, 4) is 17.3 Å². The average molecular weight is 669 g/mol. The third-order valence-corrected chi connectivity index (χ3v) is 8.71. The number of benzene rings is 1. The molecule has 2 saturated heterocycles. The Bertz CT molecular complexity index is 1900. The van der Waals surface area contributed by atoms with Crippen molar-refractivity contribution < 1.29 is 27.1 Å². The van der Waals surface area contributed by atoms with Gasteiger partial charge in [0, 0.05) is 78.1 Å². The summed E-state index contributed by atoms with van der Waals surface area (Å²) in [6.45, 7) is 6.58. The second-order valence-electron chi connectivity index (χ2n) is 11.5. The molecule has 0 bridgehead atoms. The van der Waals surface area contributed by atoms with Gasteiger partial charge in [-0.15, -0.1) is 0 Å². The molecule has 0 N–H and O–H groups in total. The Balaban J connectivity index is 1.43. The topological polar surface area (TPSA) is 91.9 Å². The first-order chi connectivity index (χ1) is 22.6. The van der Waals surface area contributed by atoms with Gasteiger partial charge < -0.3 is 19.4 Å². The van der Waals surface area contributed by atoms with Crippen LogP contribution in [0, 0.1) is 12.4 Å². The van der Waals surface area contributed by atoms with E-state index < -0.39 is 49.4 Å². The van der Waals surface area contributed by atoms with Gasteiger partial charge in [-0.2, -0.15) is 9.97 Å². The number of alkyl halides is 3. The average Bonchev–Trinajstić information content (AvgIpc) is 3.33. The van der Waals surface area contributed by atoms with Crippen molar-refractivity contribution in [3.05, 3.63) is 71.2 Å². The van der Waals surface area contributed by atoms with E-state index >= 15 is 4.39 Å². The highest BCUT2D eigenvalue weighted by Crippen LogP contribution is 2.37. The van der Waals surface area contributed by atoms with Gasteiger partial charge in [0.2, 0.25) is 12.5 Å². The Labute approximate surface area is 272 Å². The van der Waals surface area contributed by atoms with Crippen LogP contribution >= 0.6 is 11.6 Å². The number of ether oxygens (including phenoxy) is 1. The fourth-order valence-electron chi connectivity index (χ4n) is 6.14. The molecule has 2 fully saturated rings. The Morgan fingerprint density at radius 3 is 2.79 bits per heavy atom. The zero-order valence-corrected chi connectivity index (χ0v) is 26.0. The second kappa shape index (κ2) is 13.2. The SMILES string of the molecule is [C-]#[N+]C[C@H]1CN(c2nc(OC[C@@H]3CC(F)(F)CN3C)nc3c(F)c(-c4cncc5cccc(Cl)c45)ncc23)CCN1C(=O)/C=C/CF. The summed E-state index contributed by atoms with van der Waals surface area (Å²) in [5, 5.41) is 1.85. The van der Waals surface area contributed by atoms with Crippen LogP contribution in [0.25, 0.3) is 37.8 Å². The van der Waals surface area contributed by atoms with Crippen LogP contribution in [0.5, 0.6) is 6.01 Å². The zero-order chi connectivity index (χ0) is 33.3. The van der Waals surface area contributed by atoms with Crippen LogP contribution in [0.15, 0.2) is 48.9 Å². The normalized spacial score (nSPS) is 19.9. The Hall–Kier alpha value is -4.61. The zero-order valence-electron chi connectivity index (χ0n) is 25.2. The molecule has 10 nitrogen and oxygen atoms in total. The Morgan fingerprint density at radius 1 is 1.21 bits per heavy atom. The molecule has 4 aromatic rings. The summed E-state index contributed by atoms with van der Waals surface area (Å²) >= 11 is 6.51. The maximum Gasteiger partial charge on any atom is 0.319 e. The van der Waals surface area contributed by atoms with Gasteiger partial charge in [-0.25, -0.2) is 24.1 Å². The minimum Gasteiger partial charge on any atom is -0.462 e. The van der Waals surface area contributed by atoms with Gasteiger partial charge in [-0.3, -0.25) is 19.7 Å². The van der Waals surface area contributed by atoms with E-state index in [1.807, 2.05) is 0 Å². The molecule has 3 aromatic heterocycles. The number of halogens is 5. The maximum absolute atomic E-state index is 16.6. The second-order valence-corrected chi connectivity index (χ2v) is 11.9. The van der Waals surface area contributed by atoms with E-state index in [9.17, 15) is 18.0 Å². The van der Waals surface area contributed by atoms with E-state index in [-0.39, 0.29) is 61.2 Å². The van der Waals surface area contributed by atoms with Gasteiger partial charge in [-0.1, -0.05) is 23.7 Å². The molecule has 0 spiro atoms. The number of carbonyl (C=O) groups is 1. The molecular formula is C32H29ClF4N8O2. The molecule has 0 saturated carbocycles. The summed E-state index contributed by atoms with van der Waals surface area (Å²) in [5.74, 6) is -3.85. The van der Waals surface area contributed by atoms with E-state index in [0.717, 1.165) is 12.2 Å².